The molecule has 0 heterocycles. The molecule has 0 saturated heterocycles. The van der Waals surface area contributed by atoms with E-state index in [0.717, 1.165) is 6.54 Å². The molecule has 0 aromatic heterocycles. The van der Waals surface area contributed by atoms with Gasteiger partial charge in [-0.05, 0) is 22.7 Å². The maximum Gasteiger partial charge on any atom is 0.0395 e. The number of benzene rings is 1. The highest BCUT2D eigenvalue weighted by Crippen LogP contribution is 1.96. The first-order valence-corrected chi connectivity index (χ1v) is 3.31. The topological polar surface area (TPSA) is 12.0 Å². The third-order valence-corrected chi connectivity index (χ3v) is 1.29. The monoisotopic (exact) mass is 165 g/mol. The first kappa shape index (κ1) is 9.98. The van der Waals surface area contributed by atoms with Gasteiger partial charge >= 0.3 is 0 Å². The lowest BCUT2D eigenvalue weighted by Gasteiger charge is -1.98. The molecule has 1 aromatic carbocycles. The third-order valence-electron chi connectivity index (χ3n) is 1.29. The minimum atomic E-state index is 0. The van der Waals surface area contributed by atoms with Gasteiger partial charge < -0.3 is 5.32 Å². The van der Waals surface area contributed by atoms with E-state index in [4.69, 9.17) is 0 Å². The summed E-state index contributed by atoms with van der Waals surface area (Å²) in [5.41, 5.74) is 1.28. The predicted octanol–water partition coefficient (Wildman–Crippen LogP) is 0.468. The lowest BCUT2D eigenvalue weighted by molar-refractivity contribution is 0.872. The number of rotatable bonds is 3. The summed E-state index contributed by atoms with van der Waals surface area (Å²) in [5.74, 6) is 0. The molecule has 0 unspecified atom stereocenters. The van der Waals surface area contributed by atoms with Crippen LogP contribution in [0.2, 0.25) is 0 Å². The minimum absolute atomic E-state index is 0. The summed E-state index contributed by atoms with van der Waals surface area (Å²) in [5, 5.41) is 3.03. The fourth-order valence-corrected chi connectivity index (χ4v) is 0.786. The van der Waals surface area contributed by atoms with Crippen LogP contribution >= 0.6 is 0 Å². The molecule has 1 nitrogen and oxygen atoms in total. The fraction of sp³-hybridized carbons (Fsp3) is 0.111. The molecule has 0 amide bonds. The summed E-state index contributed by atoms with van der Waals surface area (Å²) < 4.78 is 0. The Labute approximate surface area is 72.2 Å². The molecule has 0 aliphatic rings. The Hall–Kier alpha value is -1.02. The van der Waals surface area contributed by atoms with Crippen molar-refractivity contribution in [2.75, 3.05) is 0 Å². The second kappa shape index (κ2) is 5.74. The minimum Gasteiger partial charge on any atom is -0.387 e. The van der Waals surface area contributed by atoms with Crippen LogP contribution in [0.15, 0.2) is 43.1 Å². The Kier molecular flexibility index (Phi) is 5.20. The summed E-state index contributed by atoms with van der Waals surface area (Å²) in [6.07, 6.45) is 1.70. The molecule has 60 valence electrons. The SMILES string of the molecule is C=CNCc1ccccc1.[SiH4]. The van der Waals surface area contributed by atoms with Crippen LogP contribution in [0, 0.1) is 0 Å². The molecule has 1 N–H and O–H groups in total. The van der Waals surface area contributed by atoms with Crippen LogP contribution in [0.4, 0.5) is 0 Å². The molecular formula is C9H15NSi. The molecule has 1 rings (SSSR count). The number of hydrogen-bond donors (Lipinski definition) is 1. The average molecular weight is 165 g/mol. The van der Waals surface area contributed by atoms with Gasteiger partial charge in [0.2, 0.25) is 0 Å². The van der Waals surface area contributed by atoms with E-state index in [-0.39, 0.29) is 11.0 Å². The molecule has 0 aliphatic heterocycles. The Bertz CT molecular complexity index is 196. The van der Waals surface area contributed by atoms with E-state index in [9.17, 15) is 0 Å². The zero-order chi connectivity index (χ0) is 7.23. The fourth-order valence-electron chi connectivity index (χ4n) is 0.786. The first-order valence-electron chi connectivity index (χ1n) is 3.31. The van der Waals surface area contributed by atoms with Crippen LogP contribution in [0.1, 0.15) is 5.56 Å². The van der Waals surface area contributed by atoms with Gasteiger partial charge in [0.1, 0.15) is 0 Å². The van der Waals surface area contributed by atoms with E-state index in [0.29, 0.717) is 0 Å². The van der Waals surface area contributed by atoms with E-state index in [1.807, 2.05) is 18.2 Å². The van der Waals surface area contributed by atoms with Crippen LogP contribution in [0.25, 0.3) is 0 Å². The van der Waals surface area contributed by atoms with E-state index in [2.05, 4.69) is 24.0 Å². The molecule has 0 bridgehead atoms. The first-order chi connectivity index (χ1) is 4.93. The number of hydrogen-bond acceptors (Lipinski definition) is 1. The quantitative estimate of drug-likeness (QED) is 0.642. The maximum atomic E-state index is 3.56. The summed E-state index contributed by atoms with van der Waals surface area (Å²) in [7, 11) is 0. The Morgan fingerprint density at radius 2 is 1.91 bits per heavy atom. The summed E-state index contributed by atoms with van der Waals surface area (Å²) >= 11 is 0. The van der Waals surface area contributed by atoms with Gasteiger partial charge in [0.05, 0.1) is 0 Å². The van der Waals surface area contributed by atoms with Gasteiger partial charge in [0.25, 0.3) is 0 Å². The highest BCUT2D eigenvalue weighted by molar-refractivity contribution is 5.75. The van der Waals surface area contributed by atoms with Crippen molar-refractivity contribution in [3.05, 3.63) is 48.7 Å². The predicted molar refractivity (Wildman–Crippen MR) is 54.8 cm³/mol. The van der Waals surface area contributed by atoms with E-state index in [1.165, 1.54) is 5.56 Å². The van der Waals surface area contributed by atoms with E-state index in [1.54, 1.807) is 6.20 Å². The van der Waals surface area contributed by atoms with Crippen molar-refractivity contribution < 1.29 is 0 Å². The normalized spacial score (nSPS) is 8.00. The maximum absolute atomic E-state index is 3.56. The standard InChI is InChI=1S/C9H11N.H4Si/c1-2-10-8-9-6-4-3-5-7-9;/h2-7,10H,1,8H2;1H4. The number of nitrogens with one attached hydrogen (secondary N) is 1. The van der Waals surface area contributed by atoms with Crippen molar-refractivity contribution in [2.24, 2.45) is 0 Å². The van der Waals surface area contributed by atoms with Crippen LogP contribution in [-0.4, -0.2) is 11.0 Å². The third kappa shape index (κ3) is 3.63. The second-order valence-electron chi connectivity index (χ2n) is 2.07. The van der Waals surface area contributed by atoms with Crippen molar-refractivity contribution in [3.8, 4) is 0 Å². The smallest absolute Gasteiger partial charge is 0.0395 e. The van der Waals surface area contributed by atoms with Crippen molar-refractivity contribution in [2.45, 2.75) is 6.54 Å². The molecule has 0 fully saturated rings. The highest BCUT2D eigenvalue weighted by atomic mass is 28.1. The molecule has 1 aromatic rings. The van der Waals surface area contributed by atoms with Gasteiger partial charge in [-0.1, -0.05) is 36.9 Å². The Morgan fingerprint density at radius 3 is 2.45 bits per heavy atom. The molecule has 0 radical (unpaired) electrons. The summed E-state index contributed by atoms with van der Waals surface area (Å²) in [4.78, 5) is 0. The molecule has 0 saturated carbocycles. The molecule has 2 heteroatoms. The molecule has 0 atom stereocenters. The van der Waals surface area contributed by atoms with Crippen molar-refractivity contribution in [1.82, 2.24) is 5.32 Å². The molecule has 0 aliphatic carbocycles. The van der Waals surface area contributed by atoms with Gasteiger partial charge in [-0.15, -0.1) is 0 Å². The molecule has 0 spiro atoms. The zero-order valence-corrected chi connectivity index (χ0v) is 5.88. The van der Waals surface area contributed by atoms with Gasteiger partial charge in [-0.2, -0.15) is 0 Å². The largest absolute Gasteiger partial charge is 0.387 e. The lowest BCUT2D eigenvalue weighted by Crippen LogP contribution is -2.02. The highest BCUT2D eigenvalue weighted by Gasteiger charge is 1.84. The lowest BCUT2D eigenvalue weighted by atomic mass is 10.2. The van der Waals surface area contributed by atoms with Gasteiger partial charge in [0, 0.05) is 6.54 Å². The summed E-state index contributed by atoms with van der Waals surface area (Å²) in [6.45, 7) is 4.43. The molecule has 11 heavy (non-hydrogen) atoms. The van der Waals surface area contributed by atoms with Gasteiger partial charge in [0.15, 0.2) is 0 Å². The van der Waals surface area contributed by atoms with Crippen LogP contribution in [-0.2, 0) is 6.54 Å². The van der Waals surface area contributed by atoms with Crippen molar-refractivity contribution >= 4 is 11.0 Å². The molecular weight excluding hydrogens is 150 g/mol. The van der Waals surface area contributed by atoms with E-state index < -0.39 is 0 Å². The van der Waals surface area contributed by atoms with Gasteiger partial charge in [-0.25, -0.2) is 0 Å². The van der Waals surface area contributed by atoms with E-state index >= 15 is 0 Å². The zero-order valence-electron chi connectivity index (χ0n) is 5.88. The van der Waals surface area contributed by atoms with Crippen molar-refractivity contribution in [3.63, 3.8) is 0 Å². The van der Waals surface area contributed by atoms with Crippen LogP contribution < -0.4 is 5.32 Å². The van der Waals surface area contributed by atoms with Gasteiger partial charge in [-0.3, -0.25) is 0 Å². The van der Waals surface area contributed by atoms with Crippen LogP contribution in [0.3, 0.4) is 0 Å². The van der Waals surface area contributed by atoms with Crippen molar-refractivity contribution in [1.29, 1.82) is 0 Å². The van der Waals surface area contributed by atoms with Crippen LogP contribution in [0.5, 0.6) is 0 Å². The Balaban J connectivity index is 0.000001000. The summed E-state index contributed by atoms with van der Waals surface area (Å²) in [6, 6.07) is 10.2. The Morgan fingerprint density at radius 1 is 1.27 bits per heavy atom. The second-order valence-corrected chi connectivity index (χ2v) is 2.07. The average Bonchev–Trinajstić information content (AvgIpc) is 2.03.